The van der Waals surface area contributed by atoms with E-state index >= 15 is 0 Å². The average molecular weight is 418 g/mol. The van der Waals surface area contributed by atoms with Crippen molar-refractivity contribution in [1.82, 2.24) is 4.57 Å². The fraction of sp³-hybridized carbons (Fsp3) is 0.222. The van der Waals surface area contributed by atoms with Gasteiger partial charge < -0.3 is 24.9 Å². The molecule has 0 bridgehead atoms. The summed E-state index contributed by atoms with van der Waals surface area (Å²) in [5.41, 5.74) is 7.36. The molecule has 0 aliphatic carbocycles. The molecular formula is C18H16BrN3O4. The molecule has 26 heavy (non-hydrogen) atoms. The van der Waals surface area contributed by atoms with Crippen molar-refractivity contribution >= 4 is 15.9 Å². The van der Waals surface area contributed by atoms with Crippen LogP contribution in [-0.4, -0.2) is 16.8 Å². The fourth-order valence-corrected chi connectivity index (χ4v) is 3.45. The number of aryl methyl sites for hydroxylation is 1. The second kappa shape index (κ2) is 6.42. The van der Waals surface area contributed by atoms with E-state index in [1.54, 1.807) is 32.2 Å². The number of aromatic nitrogens is 1. The van der Waals surface area contributed by atoms with Crippen LogP contribution < -0.4 is 20.8 Å². The lowest BCUT2D eigenvalue weighted by atomic mass is 9.84. The van der Waals surface area contributed by atoms with Gasteiger partial charge in [0.1, 0.15) is 17.4 Å². The summed E-state index contributed by atoms with van der Waals surface area (Å²) in [6, 6.07) is 6.94. The van der Waals surface area contributed by atoms with Crippen LogP contribution in [0, 0.1) is 18.3 Å². The summed E-state index contributed by atoms with van der Waals surface area (Å²) in [5, 5.41) is 19.7. The van der Waals surface area contributed by atoms with Gasteiger partial charge in [-0.15, -0.1) is 0 Å². The topological polar surface area (TPSA) is 110 Å². The minimum atomic E-state index is -0.742. The maximum Gasteiger partial charge on any atom is 0.258 e. The number of rotatable bonds is 2. The number of hydrogen-bond donors (Lipinski definition) is 2. The van der Waals surface area contributed by atoms with Crippen LogP contribution in [-0.2, 0) is 7.05 Å². The van der Waals surface area contributed by atoms with Crippen LogP contribution in [0.5, 0.6) is 17.2 Å². The van der Waals surface area contributed by atoms with Crippen molar-refractivity contribution in [1.29, 1.82) is 5.26 Å². The minimum absolute atomic E-state index is 0.0548. The average Bonchev–Trinajstić information content (AvgIpc) is 2.61. The predicted octanol–water partition coefficient (Wildman–Crippen LogP) is 2.39. The van der Waals surface area contributed by atoms with E-state index in [-0.39, 0.29) is 28.5 Å². The number of nitrogens with zero attached hydrogens (tertiary/aromatic N) is 2. The van der Waals surface area contributed by atoms with Gasteiger partial charge in [0.2, 0.25) is 5.88 Å². The maximum atomic E-state index is 12.9. The highest BCUT2D eigenvalue weighted by molar-refractivity contribution is 9.10. The molecule has 1 atom stereocenters. The van der Waals surface area contributed by atoms with Crippen molar-refractivity contribution in [3.8, 4) is 23.3 Å². The number of aromatic hydroxyl groups is 1. The van der Waals surface area contributed by atoms with Gasteiger partial charge in [-0.3, -0.25) is 4.79 Å². The van der Waals surface area contributed by atoms with Crippen molar-refractivity contribution in [3.63, 3.8) is 0 Å². The summed E-state index contributed by atoms with van der Waals surface area (Å²) in [4.78, 5) is 12.9. The Kier molecular flexibility index (Phi) is 4.42. The molecule has 3 rings (SSSR count). The maximum absolute atomic E-state index is 12.9. The Hall–Kier alpha value is -2.92. The highest BCUT2D eigenvalue weighted by atomic mass is 79.9. The fourth-order valence-electron chi connectivity index (χ4n) is 2.99. The van der Waals surface area contributed by atoms with Crippen LogP contribution in [0.3, 0.4) is 0 Å². The molecular weight excluding hydrogens is 402 g/mol. The van der Waals surface area contributed by atoms with E-state index in [0.29, 0.717) is 27.0 Å². The Morgan fingerprint density at radius 3 is 2.73 bits per heavy atom. The summed E-state index contributed by atoms with van der Waals surface area (Å²) in [6.07, 6.45) is 0. The first kappa shape index (κ1) is 17.9. The lowest BCUT2D eigenvalue weighted by Crippen LogP contribution is -2.31. The number of ether oxygens (including phenoxy) is 2. The Morgan fingerprint density at radius 2 is 2.12 bits per heavy atom. The summed E-state index contributed by atoms with van der Waals surface area (Å²) in [7, 11) is 3.07. The summed E-state index contributed by atoms with van der Waals surface area (Å²) < 4.78 is 12.6. The minimum Gasteiger partial charge on any atom is -0.503 e. The first-order valence-corrected chi connectivity index (χ1v) is 8.44. The van der Waals surface area contributed by atoms with Crippen molar-refractivity contribution in [3.05, 3.63) is 61.3 Å². The van der Waals surface area contributed by atoms with Gasteiger partial charge in [0.15, 0.2) is 11.5 Å². The molecule has 3 N–H and O–H groups in total. The van der Waals surface area contributed by atoms with Gasteiger partial charge >= 0.3 is 0 Å². The number of phenolic OH excluding ortho intramolecular Hbond substituents is 1. The monoisotopic (exact) mass is 417 g/mol. The smallest absolute Gasteiger partial charge is 0.258 e. The Morgan fingerprint density at radius 1 is 1.42 bits per heavy atom. The number of fused-ring (bicyclic) bond motifs is 1. The van der Waals surface area contributed by atoms with E-state index < -0.39 is 5.92 Å². The largest absolute Gasteiger partial charge is 0.503 e. The van der Waals surface area contributed by atoms with Crippen LogP contribution >= 0.6 is 15.9 Å². The molecule has 134 valence electrons. The first-order chi connectivity index (χ1) is 12.3. The highest BCUT2D eigenvalue weighted by Gasteiger charge is 2.34. The van der Waals surface area contributed by atoms with Crippen LogP contribution in [0.15, 0.2) is 38.9 Å². The SMILES string of the molecule is COc1cc([C@@H]2C(C#N)=C(N)Oc3cc(C)n(C)c(=O)c32)cc(Br)c1O. The molecule has 0 spiro atoms. The van der Waals surface area contributed by atoms with E-state index in [1.165, 1.54) is 11.7 Å². The number of nitrogens with two attached hydrogens (primary N) is 1. The summed E-state index contributed by atoms with van der Waals surface area (Å²) in [6.45, 7) is 1.78. The number of allylic oxidation sites excluding steroid dienone is 1. The van der Waals surface area contributed by atoms with Gasteiger partial charge in [0.05, 0.1) is 23.1 Å². The van der Waals surface area contributed by atoms with Crippen molar-refractivity contribution < 1.29 is 14.6 Å². The van der Waals surface area contributed by atoms with Crippen molar-refractivity contribution in [2.24, 2.45) is 12.8 Å². The van der Waals surface area contributed by atoms with Crippen LogP contribution in [0.2, 0.25) is 0 Å². The van der Waals surface area contributed by atoms with Crippen LogP contribution in [0.25, 0.3) is 0 Å². The summed E-state index contributed by atoms with van der Waals surface area (Å²) >= 11 is 3.27. The van der Waals surface area contributed by atoms with Crippen molar-refractivity contribution in [2.45, 2.75) is 12.8 Å². The number of pyridine rings is 1. The van der Waals surface area contributed by atoms with Gasteiger partial charge in [-0.1, -0.05) is 0 Å². The molecule has 0 fully saturated rings. The number of methoxy groups -OCH3 is 1. The Labute approximate surface area is 158 Å². The quantitative estimate of drug-likeness (QED) is 0.775. The second-order valence-electron chi connectivity index (χ2n) is 5.91. The summed E-state index contributed by atoms with van der Waals surface area (Å²) in [5.74, 6) is -0.344. The van der Waals surface area contributed by atoms with E-state index in [1.807, 2.05) is 6.07 Å². The first-order valence-electron chi connectivity index (χ1n) is 7.64. The number of halogens is 1. The number of hydrogen-bond acceptors (Lipinski definition) is 6. The van der Waals surface area contributed by atoms with Crippen molar-refractivity contribution in [2.75, 3.05) is 7.11 Å². The zero-order valence-corrected chi connectivity index (χ0v) is 15.9. The molecule has 8 heteroatoms. The molecule has 0 unspecified atom stereocenters. The number of benzene rings is 1. The molecule has 2 heterocycles. The molecule has 1 aromatic carbocycles. The lowest BCUT2D eigenvalue weighted by molar-refractivity contribution is 0.370. The third-order valence-electron chi connectivity index (χ3n) is 4.46. The third-order valence-corrected chi connectivity index (χ3v) is 5.06. The normalized spacial score (nSPS) is 15.9. The number of phenols is 1. The van der Waals surface area contributed by atoms with Crippen LogP contribution in [0.1, 0.15) is 22.7 Å². The third kappa shape index (κ3) is 2.61. The molecule has 1 aliphatic rings. The molecule has 0 saturated carbocycles. The Bertz CT molecular complexity index is 1050. The van der Waals surface area contributed by atoms with E-state index in [9.17, 15) is 15.2 Å². The zero-order valence-electron chi connectivity index (χ0n) is 14.3. The number of nitriles is 1. The predicted molar refractivity (Wildman–Crippen MR) is 98.1 cm³/mol. The van der Waals surface area contributed by atoms with E-state index in [2.05, 4.69) is 15.9 Å². The van der Waals surface area contributed by atoms with Gasteiger partial charge in [-0.05, 0) is 40.5 Å². The van der Waals surface area contributed by atoms with Crippen LogP contribution in [0.4, 0.5) is 0 Å². The zero-order chi connectivity index (χ0) is 19.2. The van der Waals surface area contributed by atoms with E-state index in [0.717, 1.165) is 0 Å². The van der Waals surface area contributed by atoms with Gasteiger partial charge in [-0.25, -0.2) is 0 Å². The molecule has 1 aliphatic heterocycles. The van der Waals surface area contributed by atoms with Gasteiger partial charge in [0, 0.05) is 18.8 Å². The Balaban J connectivity index is 2.37. The molecule has 0 radical (unpaired) electrons. The van der Waals surface area contributed by atoms with Gasteiger partial charge in [0.25, 0.3) is 5.56 Å². The molecule has 1 aromatic heterocycles. The molecule has 7 nitrogen and oxygen atoms in total. The van der Waals surface area contributed by atoms with E-state index in [4.69, 9.17) is 15.2 Å². The molecule has 0 amide bonds. The second-order valence-corrected chi connectivity index (χ2v) is 6.76. The molecule has 0 saturated heterocycles. The standard InChI is InChI=1S/C18H16BrN3O4/c1-8-4-12-15(18(24)22(8)2)14(10(7-20)17(21)26-12)9-5-11(19)16(23)13(6-9)25-3/h4-6,14,23H,21H2,1-3H3/t14-/m1/s1. The van der Waals surface area contributed by atoms with Gasteiger partial charge in [-0.2, -0.15) is 5.26 Å². The molecule has 2 aromatic rings. The highest BCUT2D eigenvalue weighted by Crippen LogP contribution is 2.44. The lowest BCUT2D eigenvalue weighted by Gasteiger charge is -2.27.